The molecule has 0 N–H and O–H groups in total. The lowest BCUT2D eigenvalue weighted by atomic mass is 10.1. The van der Waals surface area contributed by atoms with Gasteiger partial charge in [0.1, 0.15) is 11.6 Å². The van der Waals surface area contributed by atoms with Gasteiger partial charge in [0.15, 0.2) is 5.03 Å². The lowest BCUT2D eigenvalue weighted by molar-refractivity contribution is -0.131. The third-order valence-corrected chi connectivity index (χ3v) is 7.06. The van der Waals surface area contributed by atoms with Crippen molar-refractivity contribution >= 4 is 15.9 Å². The molecule has 0 radical (unpaired) electrons. The number of imidazole rings is 1. The largest absolute Gasteiger partial charge is 0.497 e. The minimum atomic E-state index is -3.65. The summed E-state index contributed by atoms with van der Waals surface area (Å²) in [4.78, 5) is 18.6. The van der Waals surface area contributed by atoms with Crippen LogP contribution in [0.5, 0.6) is 5.75 Å². The third-order valence-electron chi connectivity index (χ3n) is 5.28. The minimum absolute atomic E-state index is 0.0498. The fourth-order valence-electron chi connectivity index (χ4n) is 3.37. The summed E-state index contributed by atoms with van der Waals surface area (Å²) < 4.78 is 34.0. The molecule has 1 fully saturated rings. The Kier molecular flexibility index (Phi) is 6.59. The van der Waals surface area contributed by atoms with E-state index in [0.29, 0.717) is 44.7 Å². The summed E-state index contributed by atoms with van der Waals surface area (Å²) in [5, 5.41) is 0.0665. The van der Waals surface area contributed by atoms with E-state index in [0.717, 1.165) is 11.3 Å². The van der Waals surface area contributed by atoms with Gasteiger partial charge in [-0.3, -0.25) is 4.79 Å². The number of carbonyl (C=O) groups is 1. The first-order valence-electron chi connectivity index (χ1n) is 9.72. The fraction of sp³-hybridized carbons (Fsp3) is 0.500. The Morgan fingerprint density at radius 3 is 2.48 bits per heavy atom. The number of aryl methyl sites for hydroxylation is 3. The van der Waals surface area contributed by atoms with Crippen molar-refractivity contribution in [3.8, 4) is 5.75 Å². The summed E-state index contributed by atoms with van der Waals surface area (Å²) in [6.07, 6.45) is 3.19. The molecule has 9 heteroatoms. The summed E-state index contributed by atoms with van der Waals surface area (Å²) in [6.45, 7) is 3.40. The van der Waals surface area contributed by atoms with Crippen LogP contribution >= 0.6 is 0 Å². The van der Waals surface area contributed by atoms with E-state index in [-0.39, 0.29) is 17.5 Å². The second kappa shape index (κ2) is 8.96. The number of rotatable bonds is 6. The van der Waals surface area contributed by atoms with E-state index < -0.39 is 10.0 Å². The van der Waals surface area contributed by atoms with Crippen LogP contribution in [0.4, 0.5) is 0 Å². The molecule has 1 aliphatic rings. The van der Waals surface area contributed by atoms with E-state index in [1.54, 1.807) is 30.5 Å². The van der Waals surface area contributed by atoms with Gasteiger partial charge in [-0.05, 0) is 37.5 Å². The number of hydrogen-bond donors (Lipinski definition) is 0. The number of methoxy groups -OCH3 is 1. The molecule has 0 spiro atoms. The maximum atomic E-state index is 12.9. The molecule has 2 heterocycles. The van der Waals surface area contributed by atoms with Crippen LogP contribution in [0.1, 0.15) is 24.2 Å². The van der Waals surface area contributed by atoms with Gasteiger partial charge >= 0.3 is 0 Å². The Bertz CT molecular complexity index is 934. The summed E-state index contributed by atoms with van der Waals surface area (Å²) in [6, 6.07) is 7.68. The smallest absolute Gasteiger partial charge is 0.262 e. The van der Waals surface area contributed by atoms with Crippen LogP contribution in [0.2, 0.25) is 0 Å². The molecule has 1 aromatic heterocycles. The van der Waals surface area contributed by atoms with Gasteiger partial charge < -0.3 is 14.2 Å². The first-order chi connectivity index (χ1) is 13.8. The summed E-state index contributed by atoms with van der Waals surface area (Å²) >= 11 is 0. The average molecular weight is 421 g/mol. The van der Waals surface area contributed by atoms with Gasteiger partial charge in [-0.15, -0.1) is 0 Å². The molecule has 29 heavy (non-hydrogen) atoms. The Hall–Kier alpha value is -2.39. The number of hydrogen-bond acceptors (Lipinski definition) is 5. The van der Waals surface area contributed by atoms with Crippen molar-refractivity contribution in [2.75, 3.05) is 33.3 Å². The van der Waals surface area contributed by atoms with Crippen molar-refractivity contribution < 1.29 is 17.9 Å². The number of carbonyl (C=O) groups excluding carboxylic acids is 1. The highest BCUT2D eigenvalue weighted by Crippen LogP contribution is 2.18. The second-order valence-electron chi connectivity index (χ2n) is 7.22. The molecular formula is C20H28N4O4S. The molecule has 3 rings (SSSR count). The van der Waals surface area contributed by atoms with E-state index in [1.165, 1.54) is 10.5 Å². The molecule has 1 amide bonds. The summed E-state index contributed by atoms with van der Waals surface area (Å²) in [7, 11) is -0.254. The second-order valence-corrected chi connectivity index (χ2v) is 9.11. The molecule has 8 nitrogen and oxygen atoms in total. The molecule has 2 aromatic rings. The fourth-order valence-corrected chi connectivity index (χ4v) is 4.86. The van der Waals surface area contributed by atoms with Crippen LogP contribution in [0, 0.1) is 6.92 Å². The van der Waals surface area contributed by atoms with Gasteiger partial charge in [0.2, 0.25) is 5.91 Å². The first-order valence-corrected chi connectivity index (χ1v) is 11.2. The zero-order valence-electron chi connectivity index (χ0n) is 17.2. The Morgan fingerprint density at radius 1 is 1.14 bits per heavy atom. The number of amides is 1. The van der Waals surface area contributed by atoms with Gasteiger partial charge in [-0.1, -0.05) is 12.1 Å². The molecule has 0 atom stereocenters. The van der Waals surface area contributed by atoms with Crippen LogP contribution in [0.25, 0.3) is 0 Å². The number of ether oxygens (including phenoxy) is 1. The monoisotopic (exact) mass is 420 g/mol. The van der Waals surface area contributed by atoms with Crippen molar-refractivity contribution in [2.24, 2.45) is 7.05 Å². The zero-order valence-corrected chi connectivity index (χ0v) is 18.0. The lowest BCUT2D eigenvalue weighted by Crippen LogP contribution is -2.37. The highest BCUT2D eigenvalue weighted by atomic mass is 32.2. The minimum Gasteiger partial charge on any atom is -0.497 e. The topological polar surface area (TPSA) is 84.7 Å². The molecule has 0 saturated carbocycles. The van der Waals surface area contributed by atoms with Gasteiger partial charge in [-0.25, -0.2) is 13.4 Å². The van der Waals surface area contributed by atoms with Gasteiger partial charge in [0.05, 0.1) is 7.11 Å². The van der Waals surface area contributed by atoms with Gasteiger partial charge in [-0.2, -0.15) is 4.31 Å². The normalized spacial score (nSPS) is 15.9. The van der Waals surface area contributed by atoms with Crippen LogP contribution in [-0.2, 0) is 28.3 Å². The van der Waals surface area contributed by atoms with Crippen molar-refractivity contribution in [3.05, 3.63) is 41.9 Å². The lowest BCUT2D eigenvalue weighted by Gasteiger charge is -2.21. The molecule has 0 bridgehead atoms. The maximum Gasteiger partial charge on any atom is 0.262 e. The van der Waals surface area contributed by atoms with Crippen molar-refractivity contribution in [3.63, 3.8) is 0 Å². The molecule has 1 saturated heterocycles. The van der Waals surface area contributed by atoms with E-state index in [2.05, 4.69) is 4.98 Å². The number of nitrogens with zero attached hydrogens (tertiary/aromatic N) is 4. The molecule has 1 aliphatic heterocycles. The van der Waals surface area contributed by atoms with Crippen LogP contribution in [0.15, 0.2) is 35.5 Å². The number of aromatic nitrogens is 2. The van der Waals surface area contributed by atoms with E-state index in [4.69, 9.17) is 4.74 Å². The summed E-state index contributed by atoms with van der Waals surface area (Å²) in [5.41, 5.74) is 1.07. The molecule has 0 unspecified atom stereocenters. The van der Waals surface area contributed by atoms with Crippen molar-refractivity contribution in [1.82, 2.24) is 18.8 Å². The first kappa shape index (κ1) is 21.3. The van der Waals surface area contributed by atoms with E-state index in [9.17, 15) is 13.2 Å². The van der Waals surface area contributed by atoms with Gasteiger partial charge in [0, 0.05) is 45.8 Å². The third kappa shape index (κ3) is 4.97. The van der Waals surface area contributed by atoms with Gasteiger partial charge in [0.25, 0.3) is 10.0 Å². The Morgan fingerprint density at radius 2 is 1.86 bits per heavy atom. The standard InChI is InChI=1S/C20H28N4O4S/c1-16-21-19(15-22(16)2)29(26,27)24-12-4-11-23(13-14-24)20(25)10-7-17-5-8-18(28-3)9-6-17/h5-6,8-9,15H,4,7,10-14H2,1-3H3. The average Bonchev–Trinajstić information content (AvgIpc) is 2.92. The molecular weight excluding hydrogens is 392 g/mol. The highest BCUT2D eigenvalue weighted by molar-refractivity contribution is 7.89. The Balaban J connectivity index is 1.57. The SMILES string of the molecule is COc1ccc(CCC(=O)N2CCCN(S(=O)(=O)c3cn(C)c(C)n3)CC2)cc1. The number of sulfonamides is 1. The molecule has 0 aliphatic carbocycles. The predicted octanol–water partition coefficient (Wildman–Crippen LogP) is 1.59. The highest BCUT2D eigenvalue weighted by Gasteiger charge is 2.30. The Labute approximate surface area is 172 Å². The van der Waals surface area contributed by atoms with Crippen molar-refractivity contribution in [2.45, 2.75) is 31.2 Å². The summed E-state index contributed by atoms with van der Waals surface area (Å²) in [5.74, 6) is 1.49. The van der Waals surface area contributed by atoms with Crippen LogP contribution < -0.4 is 4.74 Å². The van der Waals surface area contributed by atoms with E-state index >= 15 is 0 Å². The molecule has 158 valence electrons. The van der Waals surface area contributed by atoms with Crippen LogP contribution in [-0.4, -0.2) is 66.4 Å². The maximum absolute atomic E-state index is 12.9. The number of benzene rings is 1. The van der Waals surface area contributed by atoms with E-state index in [1.807, 2.05) is 24.3 Å². The van der Waals surface area contributed by atoms with Crippen molar-refractivity contribution in [1.29, 1.82) is 0 Å². The zero-order chi connectivity index (χ0) is 21.0. The molecule has 1 aromatic carbocycles. The predicted molar refractivity (Wildman–Crippen MR) is 109 cm³/mol. The quantitative estimate of drug-likeness (QED) is 0.709. The van der Waals surface area contributed by atoms with Crippen LogP contribution in [0.3, 0.4) is 0 Å².